The molecule has 0 saturated carbocycles. The minimum atomic E-state index is 0.625. The maximum atomic E-state index is 8.85. The van der Waals surface area contributed by atoms with Crippen LogP contribution in [-0.4, -0.2) is 16.2 Å². The first kappa shape index (κ1) is 16.9. The zero-order chi connectivity index (χ0) is 18.6. The highest BCUT2D eigenvalue weighted by atomic mass is 32.1. The smallest absolute Gasteiger partial charge is 0.158 e. The van der Waals surface area contributed by atoms with E-state index in [0.29, 0.717) is 17.2 Å². The summed E-state index contributed by atoms with van der Waals surface area (Å²) in [6.45, 7) is 1.87. The van der Waals surface area contributed by atoms with Crippen molar-refractivity contribution in [2.45, 2.75) is 6.92 Å². The highest BCUT2D eigenvalue weighted by molar-refractivity contribution is 7.21. The van der Waals surface area contributed by atoms with E-state index in [2.05, 4.69) is 44.8 Å². The van der Waals surface area contributed by atoms with Crippen molar-refractivity contribution in [3.63, 3.8) is 0 Å². The maximum Gasteiger partial charge on any atom is 0.158 e. The Morgan fingerprint density at radius 2 is 1.85 bits per heavy atom. The van der Waals surface area contributed by atoms with Gasteiger partial charge in [0.25, 0.3) is 0 Å². The Morgan fingerprint density at radius 3 is 2.59 bits per heavy atom. The molecule has 2 aromatic heterocycles. The van der Waals surface area contributed by atoms with Crippen LogP contribution in [0.3, 0.4) is 0 Å². The number of nitriles is 1. The number of nitrogens with one attached hydrogen (secondary N) is 1. The second kappa shape index (κ2) is 7.36. The summed E-state index contributed by atoms with van der Waals surface area (Å²) in [5.74, 6) is 1.38. The molecule has 0 aliphatic rings. The van der Waals surface area contributed by atoms with Crippen molar-refractivity contribution in [3.05, 3.63) is 77.6 Å². The molecule has 0 amide bonds. The number of benzene rings is 2. The zero-order valence-corrected chi connectivity index (χ0v) is 15.4. The summed E-state index contributed by atoms with van der Waals surface area (Å²) in [5, 5.41) is 14.1. The number of aryl methyl sites for hydroxylation is 1. The summed E-state index contributed by atoms with van der Waals surface area (Å²) in [5.41, 5.74) is 5.71. The number of anilines is 1. The molecule has 4 rings (SSSR count). The van der Waals surface area contributed by atoms with Crippen molar-refractivity contribution < 1.29 is 0 Å². The Balaban J connectivity index is 1.63. The first-order valence-corrected chi connectivity index (χ1v) is 9.17. The van der Waals surface area contributed by atoms with Gasteiger partial charge in [-0.2, -0.15) is 10.4 Å². The predicted octanol–water partition coefficient (Wildman–Crippen LogP) is 4.98. The molecular formula is C21H15N5S. The van der Waals surface area contributed by atoms with Crippen molar-refractivity contribution in [2.75, 3.05) is 5.43 Å². The summed E-state index contributed by atoms with van der Waals surface area (Å²) >= 11 is 1.64. The Bertz CT molecular complexity index is 1160. The lowest BCUT2D eigenvalue weighted by Crippen LogP contribution is -1.97. The van der Waals surface area contributed by atoms with E-state index >= 15 is 0 Å². The summed E-state index contributed by atoms with van der Waals surface area (Å²) in [7, 11) is 0. The van der Waals surface area contributed by atoms with Crippen LogP contribution < -0.4 is 5.43 Å². The largest absolute Gasteiger partial charge is 0.261 e. The van der Waals surface area contributed by atoms with Crippen molar-refractivity contribution in [3.8, 4) is 16.5 Å². The highest BCUT2D eigenvalue weighted by Gasteiger charge is 2.11. The van der Waals surface area contributed by atoms with Gasteiger partial charge in [-0.05, 0) is 36.2 Å². The van der Waals surface area contributed by atoms with Crippen LogP contribution in [0.2, 0.25) is 0 Å². The number of hydrogen-bond donors (Lipinski definition) is 1. The number of hydrogen-bond acceptors (Lipinski definition) is 6. The molecule has 130 valence electrons. The van der Waals surface area contributed by atoms with Gasteiger partial charge in [0, 0.05) is 4.88 Å². The van der Waals surface area contributed by atoms with E-state index in [1.807, 2.05) is 37.3 Å². The second-order valence-corrected chi connectivity index (χ2v) is 6.95. The Morgan fingerprint density at radius 1 is 1.07 bits per heavy atom. The molecule has 0 bridgehead atoms. The Hall–Kier alpha value is -3.56. The third-order valence-electron chi connectivity index (χ3n) is 3.99. The van der Waals surface area contributed by atoms with E-state index in [1.165, 1.54) is 0 Å². The van der Waals surface area contributed by atoms with Crippen molar-refractivity contribution >= 4 is 33.6 Å². The zero-order valence-electron chi connectivity index (χ0n) is 14.5. The second-order valence-electron chi connectivity index (χ2n) is 5.92. The van der Waals surface area contributed by atoms with Gasteiger partial charge < -0.3 is 0 Å². The van der Waals surface area contributed by atoms with Crippen LogP contribution in [0.1, 0.15) is 17.0 Å². The summed E-state index contributed by atoms with van der Waals surface area (Å²) in [4.78, 5) is 11.1. The van der Waals surface area contributed by atoms with E-state index in [0.717, 1.165) is 26.2 Å². The molecule has 1 N–H and O–H groups in total. The average molecular weight is 369 g/mol. The monoisotopic (exact) mass is 369 g/mol. The van der Waals surface area contributed by atoms with Crippen molar-refractivity contribution in [1.82, 2.24) is 9.97 Å². The molecule has 0 unspecified atom stereocenters. The van der Waals surface area contributed by atoms with Crippen LogP contribution in [0.25, 0.3) is 20.7 Å². The van der Waals surface area contributed by atoms with Gasteiger partial charge in [-0.15, -0.1) is 11.3 Å². The molecule has 2 heterocycles. The average Bonchev–Trinajstić information content (AvgIpc) is 3.13. The molecule has 27 heavy (non-hydrogen) atoms. The van der Waals surface area contributed by atoms with E-state index in [4.69, 9.17) is 5.26 Å². The molecule has 0 atom stereocenters. The van der Waals surface area contributed by atoms with Crippen LogP contribution in [0.4, 0.5) is 5.82 Å². The van der Waals surface area contributed by atoms with E-state index in [1.54, 1.807) is 29.7 Å². The fourth-order valence-electron chi connectivity index (χ4n) is 2.67. The SMILES string of the molecule is Cc1nc(N/N=C\c2ccc(C#N)cc2)c2cc(-c3ccccc3)sc2n1. The predicted molar refractivity (Wildman–Crippen MR) is 110 cm³/mol. The number of aromatic nitrogens is 2. The molecule has 0 radical (unpaired) electrons. The molecule has 5 nitrogen and oxygen atoms in total. The van der Waals surface area contributed by atoms with Gasteiger partial charge in [-0.25, -0.2) is 9.97 Å². The molecule has 0 fully saturated rings. The molecule has 4 aromatic rings. The highest BCUT2D eigenvalue weighted by Crippen LogP contribution is 2.35. The maximum absolute atomic E-state index is 8.85. The van der Waals surface area contributed by atoms with Crippen LogP contribution in [0, 0.1) is 18.3 Å². The standard InChI is InChI=1S/C21H15N5S/c1-14-24-20(26-23-13-16-9-7-15(12-22)8-10-16)18-11-19(27-21(18)25-14)17-5-3-2-4-6-17/h2-11,13H,1H3,(H,24,25,26)/b23-13-. The molecule has 0 spiro atoms. The lowest BCUT2D eigenvalue weighted by atomic mass is 10.2. The summed E-state index contributed by atoms with van der Waals surface area (Å²) in [6, 6.07) is 21.6. The quantitative estimate of drug-likeness (QED) is 0.406. The number of rotatable bonds is 4. The minimum Gasteiger partial charge on any atom is -0.261 e. The molecular weight excluding hydrogens is 354 g/mol. The topological polar surface area (TPSA) is 74.0 Å². The van der Waals surface area contributed by atoms with Gasteiger partial charge in [0.1, 0.15) is 10.7 Å². The summed E-state index contributed by atoms with van der Waals surface area (Å²) < 4.78 is 0. The summed E-state index contributed by atoms with van der Waals surface area (Å²) in [6.07, 6.45) is 1.70. The Kier molecular flexibility index (Phi) is 4.60. The minimum absolute atomic E-state index is 0.625. The molecule has 0 aliphatic carbocycles. The third kappa shape index (κ3) is 3.68. The number of thiophene rings is 1. The first-order chi connectivity index (χ1) is 13.2. The normalized spacial score (nSPS) is 11.0. The van der Waals surface area contributed by atoms with E-state index in [9.17, 15) is 0 Å². The van der Waals surface area contributed by atoms with Crippen molar-refractivity contribution in [1.29, 1.82) is 5.26 Å². The van der Waals surface area contributed by atoms with Gasteiger partial charge in [0.15, 0.2) is 5.82 Å². The van der Waals surface area contributed by atoms with Gasteiger partial charge in [-0.1, -0.05) is 42.5 Å². The fourth-order valence-corrected chi connectivity index (χ4v) is 3.75. The van der Waals surface area contributed by atoms with Crippen LogP contribution >= 0.6 is 11.3 Å². The first-order valence-electron chi connectivity index (χ1n) is 8.36. The number of fused-ring (bicyclic) bond motifs is 1. The molecule has 2 aromatic carbocycles. The lowest BCUT2D eigenvalue weighted by Gasteiger charge is -2.02. The number of hydrazone groups is 1. The van der Waals surface area contributed by atoms with Crippen LogP contribution in [-0.2, 0) is 0 Å². The van der Waals surface area contributed by atoms with Crippen molar-refractivity contribution in [2.24, 2.45) is 5.10 Å². The van der Waals surface area contributed by atoms with Gasteiger partial charge in [0.05, 0.1) is 23.2 Å². The lowest BCUT2D eigenvalue weighted by molar-refractivity contribution is 1.09. The number of nitrogens with zero attached hydrogens (tertiary/aromatic N) is 4. The molecule has 0 aliphatic heterocycles. The van der Waals surface area contributed by atoms with Gasteiger partial charge in [-0.3, -0.25) is 5.43 Å². The molecule has 6 heteroatoms. The van der Waals surface area contributed by atoms with Crippen LogP contribution in [0.15, 0.2) is 65.8 Å². The third-order valence-corrected chi connectivity index (χ3v) is 5.06. The fraction of sp³-hybridized carbons (Fsp3) is 0.0476. The van der Waals surface area contributed by atoms with Gasteiger partial charge >= 0.3 is 0 Å². The van der Waals surface area contributed by atoms with Crippen LogP contribution in [0.5, 0.6) is 0 Å². The molecule has 0 saturated heterocycles. The Labute approximate surface area is 160 Å². The van der Waals surface area contributed by atoms with E-state index in [-0.39, 0.29) is 0 Å². The van der Waals surface area contributed by atoms with E-state index < -0.39 is 0 Å². The van der Waals surface area contributed by atoms with Gasteiger partial charge in [0.2, 0.25) is 0 Å².